The maximum Gasteiger partial charge on any atom is 0.332 e. The molecule has 0 fully saturated rings. The van der Waals surface area contributed by atoms with Crippen LogP contribution in [0.2, 0.25) is 0 Å². The summed E-state index contributed by atoms with van der Waals surface area (Å²) in [5.74, 6) is -0.345. The number of benzene rings is 2. The fraction of sp³-hybridized carbons (Fsp3) is 0.167. The molecule has 0 unspecified atom stereocenters. The Kier molecular flexibility index (Phi) is 6.66. The average Bonchev–Trinajstić information content (AvgIpc) is 3.31. The van der Waals surface area contributed by atoms with Crippen molar-refractivity contribution in [2.75, 3.05) is 6.61 Å². The molecule has 0 saturated heterocycles. The molecule has 174 valence electrons. The molecule has 0 spiro atoms. The molecule has 0 saturated carbocycles. The maximum atomic E-state index is 12.3. The third-order valence-corrected chi connectivity index (χ3v) is 6.04. The molecular weight excluding hydrogens is 434 g/mol. The molecule has 0 atom stereocenters. The lowest BCUT2D eigenvalue weighted by Crippen LogP contribution is -2.05. The highest BCUT2D eigenvalue weighted by Crippen LogP contribution is 2.26. The molecule has 0 N–H and O–H groups in total. The highest BCUT2D eigenvalue weighted by Gasteiger charge is 2.11. The summed E-state index contributed by atoms with van der Waals surface area (Å²) in [6, 6.07) is 26.7. The van der Waals surface area contributed by atoms with Crippen LogP contribution in [-0.2, 0) is 22.4 Å². The molecule has 0 aliphatic rings. The van der Waals surface area contributed by atoms with Crippen LogP contribution in [0.4, 0.5) is 0 Å². The second-order valence-electron chi connectivity index (χ2n) is 8.43. The molecule has 0 radical (unpaired) electrons. The van der Waals surface area contributed by atoms with Crippen molar-refractivity contribution in [2.45, 2.75) is 26.2 Å². The van der Waals surface area contributed by atoms with Gasteiger partial charge < -0.3 is 9.30 Å². The molecule has 35 heavy (non-hydrogen) atoms. The van der Waals surface area contributed by atoms with Gasteiger partial charge in [0, 0.05) is 34.9 Å². The summed E-state index contributed by atoms with van der Waals surface area (Å²) in [4.78, 5) is 21.3. The second-order valence-corrected chi connectivity index (χ2v) is 8.43. The summed E-state index contributed by atoms with van der Waals surface area (Å²) >= 11 is 0. The van der Waals surface area contributed by atoms with Crippen molar-refractivity contribution in [3.8, 4) is 0 Å². The number of ether oxygens (including phenoxy) is 1. The van der Waals surface area contributed by atoms with E-state index in [2.05, 4.69) is 50.9 Å². The summed E-state index contributed by atoms with van der Waals surface area (Å²) in [7, 11) is 0. The van der Waals surface area contributed by atoms with Crippen LogP contribution in [0, 0.1) is 0 Å². The third kappa shape index (κ3) is 5.14. The number of aromatic nitrogens is 3. The molecule has 5 nitrogen and oxygen atoms in total. The molecule has 3 heterocycles. The van der Waals surface area contributed by atoms with Crippen LogP contribution in [-0.4, -0.2) is 27.1 Å². The highest BCUT2D eigenvalue weighted by molar-refractivity contribution is 5.94. The van der Waals surface area contributed by atoms with E-state index in [1.165, 1.54) is 5.56 Å². The number of esters is 1. The zero-order valence-electron chi connectivity index (χ0n) is 19.7. The van der Waals surface area contributed by atoms with E-state index >= 15 is 0 Å². The van der Waals surface area contributed by atoms with Gasteiger partial charge in [0.25, 0.3) is 0 Å². The van der Waals surface area contributed by atoms with Crippen LogP contribution in [0.1, 0.15) is 30.2 Å². The average molecular weight is 462 g/mol. The molecule has 5 aromatic rings. The minimum absolute atomic E-state index is 0.345. The second kappa shape index (κ2) is 10.3. The molecule has 0 aliphatic carbocycles. The number of fused-ring (bicyclic) bond motifs is 2. The van der Waals surface area contributed by atoms with Crippen molar-refractivity contribution in [3.63, 3.8) is 0 Å². The van der Waals surface area contributed by atoms with Gasteiger partial charge in [-0.25, -0.2) is 14.8 Å². The quantitative estimate of drug-likeness (QED) is 0.204. The van der Waals surface area contributed by atoms with Crippen molar-refractivity contribution >= 4 is 33.6 Å². The predicted octanol–water partition coefficient (Wildman–Crippen LogP) is 6.21. The van der Waals surface area contributed by atoms with Crippen LogP contribution in [0.25, 0.3) is 27.6 Å². The Morgan fingerprint density at radius 1 is 0.943 bits per heavy atom. The number of aryl methyl sites for hydroxylation is 2. The van der Waals surface area contributed by atoms with Gasteiger partial charge >= 0.3 is 5.97 Å². The molecule has 5 heteroatoms. The zero-order valence-corrected chi connectivity index (χ0v) is 19.7. The Morgan fingerprint density at radius 3 is 2.69 bits per heavy atom. The first-order valence-corrected chi connectivity index (χ1v) is 12.0. The number of hydrogen-bond acceptors (Lipinski definition) is 4. The van der Waals surface area contributed by atoms with Crippen molar-refractivity contribution in [1.82, 2.24) is 14.5 Å². The van der Waals surface area contributed by atoms with Gasteiger partial charge in [-0.2, -0.15) is 0 Å². The number of nitrogens with zero attached hydrogens (tertiary/aromatic N) is 3. The van der Waals surface area contributed by atoms with Crippen molar-refractivity contribution in [2.24, 2.45) is 0 Å². The van der Waals surface area contributed by atoms with Crippen molar-refractivity contribution in [1.29, 1.82) is 0 Å². The topological polar surface area (TPSA) is 57.0 Å². The van der Waals surface area contributed by atoms with E-state index < -0.39 is 0 Å². The number of carbonyl (C=O) groups excluding carboxylic acids is 1. The smallest absolute Gasteiger partial charge is 0.332 e. The fourth-order valence-electron chi connectivity index (χ4n) is 4.36. The Bertz CT molecular complexity index is 1500. The number of rotatable bonds is 8. The monoisotopic (exact) mass is 461 g/mol. The summed E-state index contributed by atoms with van der Waals surface area (Å²) in [6.45, 7) is 2.16. The van der Waals surface area contributed by atoms with E-state index in [0.29, 0.717) is 6.61 Å². The summed E-state index contributed by atoms with van der Waals surface area (Å²) in [5, 5.41) is 2.21. The number of hydrogen-bond donors (Lipinski definition) is 0. The van der Waals surface area contributed by atoms with Crippen LogP contribution >= 0.6 is 0 Å². The molecule has 0 aliphatic heterocycles. The summed E-state index contributed by atoms with van der Waals surface area (Å²) in [5.41, 5.74) is 5.96. The lowest BCUT2D eigenvalue weighted by Gasteiger charge is -2.12. The Hall–Kier alpha value is -4.25. The minimum Gasteiger partial charge on any atom is -0.463 e. The van der Waals surface area contributed by atoms with Gasteiger partial charge in [0.05, 0.1) is 17.8 Å². The molecular formula is C30H27N3O2. The van der Waals surface area contributed by atoms with Crippen LogP contribution in [0.3, 0.4) is 0 Å². The number of carbonyl (C=O) groups is 1. The fourth-order valence-corrected chi connectivity index (χ4v) is 4.36. The van der Waals surface area contributed by atoms with E-state index in [-0.39, 0.29) is 5.97 Å². The first-order chi connectivity index (χ1) is 17.2. The lowest BCUT2D eigenvalue weighted by molar-refractivity contribution is -0.137. The van der Waals surface area contributed by atoms with E-state index in [4.69, 9.17) is 4.74 Å². The molecule has 3 aromatic heterocycles. The summed E-state index contributed by atoms with van der Waals surface area (Å²) < 4.78 is 7.24. The van der Waals surface area contributed by atoms with Gasteiger partial charge in [-0.15, -0.1) is 0 Å². The van der Waals surface area contributed by atoms with Gasteiger partial charge in [0.2, 0.25) is 0 Å². The first-order valence-electron chi connectivity index (χ1n) is 12.0. The zero-order chi connectivity index (χ0) is 24.0. The molecule has 5 rings (SSSR count). The van der Waals surface area contributed by atoms with Gasteiger partial charge in [0.15, 0.2) is 5.65 Å². The highest BCUT2D eigenvalue weighted by atomic mass is 16.5. The van der Waals surface area contributed by atoms with Crippen molar-refractivity contribution in [3.05, 3.63) is 114 Å². The van der Waals surface area contributed by atoms with Crippen LogP contribution in [0.15, 0.2) is 97.3 Å². The Balaban J connectivity index is 1.35. The lowest BCUT2D eigenvalue weighted by atomic mass is 10.0. The van der Waals surface area contributed by atoms with E-state index in [1.807, 2.05) is 55.6 Å². The minimum atomic E-state index is -0.345. The Morgan fingerprint density at radius 2 is 1.83 bits per heavy atom. The van der Waals surface area contributed by atoms with Gasteiger partial charge in [-0.1, -0.05) is 36.4 Å². The normalized spacial score (nSPS) is 11.7. The first kappa shape index (κ1) is 22.5. The molecule has 0 amide bonds. The van der Waals surface area contributed by atoms with Crippen LogP contribution < -0.4 is 0 Å². The van der Waals surface area contributed by atoms with Gasteiger partial charge in [-0.3, -0.25) is 0 Å². The predicted molar refractivity (Wildman–Crippen MR) is 140 cm³/mol. The SMILES string of the molecule is CCOC(=O)C=C(c1ccccc1)n1ccc2cc(CCCc3ccc4cccnc4n3)ccc21. The van der Waals surface area contributed by atoms with E-state index in [9.17, 15) is 4.79 Å². The summed E-state index contributed by atoms with van der Waals surface area (Å²) in [6.07, 6.45) is 8.25. The van der Waals surface area contributed by atoms with E-state index in [1.54, 1.807) is 12.3 Å². The van der Waals surface area contributed by atoms with Crippen molar-refractivity contribution < 1.29 is 9.53 Å². The third-order valence-electron chi connectivity index (χ3n) is 6.04. The number of pyridine rings is 2. The molecule has 0 bridgehead atoms. The largest absolute Gasteiger partial charge is 0.463 e. The maximum absolute atomic E-state index is 12.3. The van der Waals surface area contributed by atoms with Gasteiger partial charge in [0.1, 0.15) is 0 Å². The molecule has 2 aromatic carbocycles. The van der Waals surface area contributed by atoms with E-state index in [0.717, 1.165) is 58.2 Å². The Labute approximate surface area is 204 Å². The van der Waals surface area contributed by atoms with Crippen LogP contribution in [0.5, 0.6) is 0 Å². The standard InChI is InChI=1S/C30H27N3O2/c1-2-35-29(34)21-28(23-9-4-3-5-10-23)33-19-17-25-20-22(13-16-27(25)33)8-6-12-26-15-14-24-11-7-18-31-30(24)32-26/h3-5,7,9-11,13-21H,2,6,8,12H2,1H3. The van der Waals surface area contributed by atoms with Gasteiger partial charge in [-0.05, 0) is 79.8 Å².